The summed E-state index contributed by atoms with van der Waals surface area (Å²) in [4.78, 5) is 53.5. The van der Waals surface area contributed by atoms with Crippen LogP contribution in [0, 0.1) is 6.92 Å². The predicted molar refractivity (Wildman–Crippen MR) is 186 cm³/mol. The summed E-state index contributed by atoms with van der Waals surface area (Å²) in [6, 6.07) is 11.9. The van der Waals surface area contributed by atoms with E-state index >= 15 is 0 Å². The van der Waals surface area contributed by atoms with Crippen molar-refractivity contribution >= 4 is 11.8 Å². The number of carbonyl (C=O) groups is 2. The third-order valence-corrected chi connectivity index (χ3v) is 7.11. The minimum Gasteiger partial charge on any atom is -0.493 e. The number of amides is 2. The smallest absolute Gasteiger partial charge is 0.275 e. The monoisotopic (exact) mass is 674 g/mol. The first-order chi connectivity index (χ1) is 23.5. The number of aromatic nitrogens is 6. The second kappa shape index (κ2) is 18.8. The molecule has 4 rings (SSSR count). The molecule has 0 aliphatic heterocycles. The first kappa shape index (κ1) is 38.1. The van der Waals surface area contributed by atoms with Crippen LogP contribution in [0.3, 0.4) is 0 Å². The summed E-state index contributed by atoms with van der Waals surface area (Å²) >= 11 is 0. The maximum absolute atomic E-state index is 12.4. The number of carbonyl (C=O) groups excluding carboxylic acids is 2. The molecule has 0 saturated heterocycles. The molecule has 4 N–H and O–H groups in total. The number of para-hydroxylation sites is 1. The van der Waals surface area contributed by atoms with Gasteiger partial charge in [-0.2, -0.15) is 0 Å². The summed E-state index contributed by atoms with van der Waals surface area (Å²) in [6.07, 6.45) is 2.31. The van der Waals surface area contributed by atoms with Crippen LogP contribution in [-0.4, -0.2) is 55.4 Å². The molecule has 0 radical (unpaired) electrons. The van der Waals surface area contributed by atoms with Gasteiger partial charge in [-0.15, -0.1) is 20.4 Å². The molecule has 0 saturated carbocycles. The minimum absolute atomic E-state index is 0.113. The molecule has 0 bridgehead atoms. The van der Waals surface area contributed by atoms with E-state index in [-0.39, 0.29) is 34.3 Å². The Morgan fingerprint density at radius 1 is 0.694 bits per heavy atom. The Kier molecular flexibility index (Phi) is 14.6. The zero-order valence-corrected chi connectivity index (χ0v) is 29.2. The lowest BCUT2D eigenvalue weighted by Crippen LogP contribution is -2.32. The zero-order chi connectivity index (χ0) is 35.9. The van der Waals surface area contributed by atoms with E-state index in [9.17, 15) is 19.2 Å². The number of H-pyrrole nitrogens is 2. The van der Waals surface area contributed by atoms with E-state index in [0.717, 1.165) is 18.4 Å². The Morgan fingerprint density at radius 2 is 1.16 bits per heavy atom. The molecule has 2 heterocycles. The van der Waals surface area contributed by atoms with Gasteiger partial charge in [-0.05, 0) is 71.7 Å². The fraction of sp³-hybridized carbons (Fsp3) is 0.429. The molecule has 2 aromatic carbocycles. The van der Waals surface area contributed by atoms with Crippen molar-refractivity contribution in [1.29, 1.82) is 0 Å². The summed E-state index contributed by atoms with van der Waals surface area (Å²) in [5, 5.41) is 21.8. The van der Waals surface area contributed by atoms with Crippen molar-refractivity contribution < 1.29 is 19.1 Å². The third kappa shape index (κ3) is 10.8. The maximum Gasteiger partial charge on any atom is 0.275 e. The molecule has 0 fully saturated rings. The van der Waals surface area contributed by atoms with Crippen molar-refractivity contribution in [1.82, 2.24) is 41.0 Å². The molecule has 0 aliphatic rings. The molecule has 2 amide bonds. The highest BCUT2D eigenvalue weighted by molar-refractivity contribution is 5.76. The average molecular weight is 675 g/mol. The molecule has 0 spiro atoms. The van der Waals surface area contributed by atoms with E-state index in [4.69, 9.17) is 9.47 Å². The van der Waals surface area contributed by atoms with Crippen LogP contribution < -0.4 is 31.2 Å². The molecule has 0 aliphatic carbocycles. The lowest BCUT2D eigenvalue weighted by atomic mass is 10.1. The summed E-state index contributed by atoms with van der Waals surface area (Å²) in [7, 11) is 0. The number of hydrogen-bond donors (Lipinski definition) is 4. The molecule has 262 valence electrons. The van der Waals surface area contributed by atoms with Gasteiger partial charge in [0.25, 0.3) is 11.1 Å². The van der Waals surface area contributed by atoms with E-state index in [1.54, 1.807) is 26.0 Å². The second-order valence-corrected chi connectivity index (χ2v) is 11.2. The second-order valence-electron chi connectivity index (χ2n) is 11.2. The molecule has 2 atom stereocenters. The predicted octanol–water partition coefficient (Wildman–Crippen LogP) is 4.72. The standard InChI is InChI=1S/C18H24N4O3.C17H22N4O3/c1-5-7-15(23)19-12(4)16-18(24)20-17(22-21-16)13-10-11(3)8-9-14(13)25-6-2;1-4-8-14(22)18-11(3)15-17(23)19-16(21-20-15)12-9-6-7-10-13(12)24-5-2/h8-10,12H,5-7H2,1-4H3,(H,19,23)(H,20,22,24);6-7,9-11H,4-5,8H2,1-3H3,(H,18,22)(H,19,21,23). The number of aryl methyl sites for hydroxylation is 1. The molecular formula is C35H46N8O6. The Morgan fingerprint density at radius 3 is 1.63 bits per heavy atom. The number of hydrogen-bond acceptors (Lipinski definition) is 10. The van der Waals surface area contributed by atoms with Gasteiger partial charge in [0, 0.05) is 12.8 Å². The number of rotatable bonds is 14. The van der Waals surface area contributed by atoms with Crippen molar-refractivity contribution in [2.75, 3.05) is 13.2 Å². The summed E-state index contributed by atoms with van der Waals surface area (Å²) < 4.78 is 11.1. The minimum atomic E-state index is -0.506. The van der Waals surface area contributed by atoms with Gasteiger partial charge in [0.05, 0.1) is 36.4 Å². The molecular weight excluding hydrogens is 628 g/mol. The van der Waals surface area contributed by atoms with Gasteiger partial charge < -0.3 is 30.1 Å². The Bertz CT molecular complexity index is 1820. The van der Waals surface area contributed by atoms with Crippen LogP contribution in [0.25, 0.3) is 22.8 Å². The van der Waals surface area contributed by atoms with E-state index < -0.39 is 12.1 Å². The Hall–Kier alpha value is -5.40. The molecule has 14 heteroatoms. The highest BCUT2D eigenvalue weighted by Crippen LogP contribution is 2.28. The van der Waals surface area contributed by atoms with E-state index in [2.05, 4.69) is 41.0 Å². The molecule has 4 aromatic rings. The van der Waals surface area contributed by atoms with Crippen LogP contribution >= 0.6 is 0 Å². The Labute approximate surface area is 285 Å². The van der Waals surface area contributed by atoms with Crippen molar-refractivity contribution in [3.05, 3.63) is 80.1 Å². The van der Waals surface area contributed by atoms with Gasteiger partial charge in [-0.25, -0.2) is 0 Å². The van der Waals surface area contributed by atoms with Gasteiger partial charge >= 0.3 is 0 Å². The van der Waals surface area contributed by atoms with E-state index in [1.807, 2.05) is 65.0 Å². The maximum atomic E-state index is 12.4. The summed E-state index contributed by atoms with van der Waals surface area (Å²) in [5.41, 5.74) is 1.97. The lowest BCUT2D eigenvalue weighted by molar-refractivity contribution is -0.122. The first-order valence-corrected chi connectivity index (χ1v) is 16.5. The number of nitrogens with one attached hydrogen (secondary N) is 4. The molecule has 14 nitrogen and oxygen atoms in total. The molecule has 49 heavy (non-hydrogen) atoms. The first-order valence-electron chi connectivity index (χ1n) is 16.5. The van der Waals surface area contributed by atoms with E-state index in [0.29, 0.717) is 60.3 Å². The van der Waals surface area contributed by atoms with E-state index in [1.165, 1.54) is 0 Å². The number of aromatic amines is 2. The highest BCUT2D eigenvalue weighted by atomic mass is 16.5. The van der Waals surface area contributed by atoms with Crippen LogP contribution in [-0.2, 0) is 9.59 Å². The third-order valence-electron chi connectivity index (χ3n) is 7.11. The van der Waals surface area contributed by atoms with Crippen molar-refractivity contribution in [3.63, 3.8) is 0 Å². The lowest BCUT2D eigenvalue weighted by Gasteiger charge is -2.13. The topological polar surface area (TPSA) is 194 Å². The van der Waals surface area contributed by atoms with Crippen LogP contribution in [0.4, 0.5) is 0 Å². The van der Waals surface area contributed by atoms with Gasteiger partial charge in [0.2, 0.25) is 11.8 Å². The highest BCUT2D eigenvalue weighted by Gasteiger charge is 2.19. The van der Waals surface area contributed by atoms with Gasteiger partial charge in [-0.3, -0.25) is 19.2 Å². The SMILES string of the molecule is CCCC(=O)NC(C)c1nnc(-c2cc(C)ccc2OCC)[nH]c1=O.CCCC(=O)NC(C)c1nnc(-c2ccccc2OCC)[nH]c1=O. The van der Waals surface area contributed by atoms with Crippen LogP contribution in [0.15, 0.2) is 52.1 Å². The van der Waals surface area contributed by atoms with Crippen molar-refractivity contribution in [2.45, 2.75) is 86.2 Å². The number of ether oxygens (including phenoxy) is 2. The quantitative estimate of drug-likeness (QED) is 0.145. The number of nitrogens with zero attached hydrogens (tertiary/aromatic N) is 4. The fourth-order valence-corrected chi connectivity index (χ4v) is 4.77. The average Bonchev–Trinajstić information content (AvgIpc) is 3.06. The summed E-state index contributed by atoms with van der Waals surface area (Å²) in [5.74, 6) is 1.71. The van der Waals surface area contributed by atoms with Crippen molar-refractivity contribution in [3.8, 4) is 34.3 Å². The summed E-state index contributed by atoms with van der Waals surface area (Å²) in [6.45, 7) is 14.0. The zero-order valence-electron chi connectivity index (χ0n) is 29.2. The van der Waals surface area contributed by atoms with Gasteiger partial charge in [0.1, 0.15) is 11.5 Å². The largest absolute Gasteiger partial charge is 0.493 e. The van der Waals surface area contributed by atoms with Crippen LogP contribution in [0.1, 0.15) is 96.3 Å². The normalized spacial score (nSPS) is 11.8. The fourth-order valence-electron chi connectivity index (χ4n) is 4.77. The Balaban J connectivity index is 0.000000266. The number of benzene rings is 2. The van der Waals surface area contributed by atoms with Gasteiger partial charge in [-0.1, -0.05) is 37.6 Å². The molecule has 2 aromatic heterocycles. The van der Waals surface area contributed by atoms with Crippen LogP contribution in [0.2, 0.25) is 0 Å². The van der Waals surface area contributed by atoms with Crippen molar-refractivity contribution in [2.24, 2.45) is 0 Å². The molecule has 2 unspecified atom stereocenters. The van der Waals surface area contributed by atoms with Crippen LogP contribution in [0.5, 0.6) is 11.5 Å². The van der Waals surface area contributed by atoms with Gasteiger partial charge in [0.15, 0.2) is 23.0 Å².